The summed E-state index contributed by atoms with van der Waals surface area (Å²) in [7, 11) is 0. The second kappa shape index (κ2) is 6.90. The fourth-order valence-corrected chi connectivity index (χ4v) is 4.06. The third-order valence-corrected chi connectivity index (χ3v) is 5.17. The molecule has 3 atom stereocenters. The van der Waals surface area contributed by atoms with E-state index in [9.17, 15) is 10.1 Å². The van der Waals surface area contributed by atoms with Gasteiger partial charge < -0.3 is 15.0 Å². The predicted molar refractivity (Wildman–Crippen MR) is 106 cm³/mol. The lowest BCUT2D eigenvalue weighted by Gasteiger charge is -2.42. The molecule has 0 aliphatic carbocycles. The summed E-state index contributed by atoms with van der Waals surface area (Å²) in [5.74, 6) is 0.594. The molecular formula is C20H22N4O3. The molecule has 0 unspecified atom stereocenters. The Labute approximate surface area is 157 Å². The summed E-state index contributed by atoms with van der Waals surface area (Å²) < 4.78 is 5.88. The third-order valence-electron chi connectivity index (χ3n) is 5.17. The molecule has 4 rings (SSSR count). The van der Waals surface area contributed by atoms with Crippen LogP contribution in [0.3, 0.4) is 0 Å². The van der Waals surface area contributed by atoms with Crippen LogP contribution in [0.25, 0.3) is 0 Å². The van der Waals surface area contributed by atoms with Crippen molar-refractivity contribution in [3.63, 3.8) is 0 Å². The Kier molecular flexibility index (Phi) is 4.43. The van der Waals surface area contributed by atoms with Crippen molar-refractivity contribution in [3.05, 3.63) is 64.2 Å². The number of nitro groups is 1. The Bertz CT molecular complexity index is 881. The molecule has 0 aromatic heterocycles. The summed E-state index contributed by atoms with van der Waals surface area (Å²) in [4.78, 5) is 17.8. The molecule has 0 saturated heterocycles. The van der Waals surface area contributed by atoms with Gasteiger partial charge in [-0.15, -0.1) is 0 Å². The van der Waals surface area contributed by atoms with Crippen LogP contribution in [0.1, 0.15) is 25.3 Å². The molecule has 7 nitrogen and oxygen atoms in total. The molecule has 0 bridgehead atoms. The highest BCUT2D eigenvalue weighted by Gasteiger charge is 2.47. The van der Waals surface area contributed by atoms with Gasteiger partial charge in [0.05, 0.1) is 34.9 Å². The van der Waals surface area contributed by atoms with Crippen LogP contribution in [0.4, 0.5) is 17.1 Å². The normalized spacial score (nSPS) is 23.1. The number of rotatable bonds is 4. The van der Waals surface area contributed by atoms with Crippen LogP contribution in [-0.4, -0.2) is 36.2 Å². The lowest BCUT2D eigenvalue weighted by atomic mass is 9.88. The highest BCUT2D eigenvalue weighted by Crippen LogP contribution is 2.43. The van der Waals surface area contributed by atoms with Gasteiger partial charge in [0.1, 0.15) is 6.17 Å². The zero-order chi connectivity index (χ0) is 19.0. The standard InChI is InChI=1S/C20H22N4O3/c1-3-23-16-8-6-5-7-15(16)21-19-18(23)17(20(22-19)27-4-2)13-9-11-14(12-10-13)24(25)26/h5-12,17-19,21H,3-4H2,1-2H3/t17-,18+,19-/m0/s1. The summed E-state index contributed by atoms with van der Waals surface area (Å²) in [6.45, 7) is 5.43. The lowest BCUT2D eigenvalue weighted by Crippen LogP contribution is -2.51. The van der Waals surface area contributed by atoms with E-state index in [1.807, 2.05) is 31.2 Å². The van der Waals surface area contributed by atoms with Crippen LogP contribution < -0.4 is 10.2 Å². The van der Waals surface area contributed by atoms with Crippen LogP contribution in [0, 0.1) is 10.1 Å². The van der Waals surface area contributed by atoms with E-state index in [1.165, 1.54) is 0 Å². The van der Waals surface area contributed by atoms with E-state index in [4.69, 9.17) is 9.73 Å². The van der Waals surface area contributed by atoms with Gasteiger partial charge in [-0.05, 0) is 31.5 Å². The average Bonchev–Trinajstić information content (AvgIpc) is 3.04. The first kappa shape index (κ1) is 17.3. The highest BCUT2D eigenvalue weighted by atomic mass is 16.6. The van der Waals surface area contributed by atoms with E-state index in [0.29, 0.717) is 12.5 Å². The summed E-state index contributed by atoms with van der Waals surface area (Å²) in [5.41, 5.74) is 3.26. The summed E-state index contributed by atoms with van der Waals surface area (Å²) in [5, 5.41) is 14.5. The molecule has 7 heteroatoms. The fourth-order valence-electron chi connectivity index (χ4n) is 4.06. The van der Waals surface area contributed by atoms with Crippen LogP contribution in [0.5, 0.6) is 0 Å². The SMILES string of the molecule is CCOC1=N[C@@H]2Nc3ccccc3N(CC)[C@@H]2[C@@H]1c1ccc([N+](=O)[O-])cc1. The number of hydrogen-bond donors (Lipinski definition) is 1. The van der Waals surface area contributed by atoms with Crippen molar-refractivity contribution in [3.8, 4) is 0 Å². The van der Waals surface area contributed by atoms with Gasteiger partial charge in [-0.1, -0.05) is 24.3 Å². The van der Waals surface area contributed by atoms with E-state index in [0.717, 1.165) is 23.5 Å². The van der Waals surface area contributed by atoms with Crippen LogP contribution in [0.2, 0.25) is 0 Å². The Morgan fingerprint density at radius 1 is 1.19 bits per heavy atom. The van der Waals surface area contributed by atoms with Gasteiger partial charge in [0.2, 0.25) is 0 Å². The zero-order valence-electron chi connectivity index (χ0n) is 15.3. The number of anilines is 2. The van der Waals surface area contributed by atoms with Crippen molar-refractivity contribution < 1.29 is 9.66 Å². The Hall–Kier alpha value is -3.09. The van der Waals surface area contributed by atoms with Crippen molar-refractivity contribution in [2.75, 3.05) is 23.4 Å². The second-order valence-electron chi connectivity index (χ2n) is 6.61. The monoisotopic (exact) mass is 366 g/mol. The molecular weight excluding hydrogens is 344 g/mol. The summed E-state index contributed by atoms with van der Waals surface area (Å²) >= 11 is 0. The van der Waals surface area contributed by atoms with Gasteiger partial charge in [-0.3, -0.25) is 10.1 Å². The number of non-ortho nitro benzene ring substituents is 1. The molecule has 0 amide bonds. The summed E-state index contributed by atoms with van der Waals surface area (Å²) in [6.07, 6.45) is -0.124. The molecule has 2 aliphatic heterocycles. The minimum absolute atomic E-state index is 0.0490. The first-order valence-electron chi connectivity index (χ1n) is 9.21. The van der Waals surface area contributed by atoms with Gasteiger partial charge >= 0.3 is 0 Å². The summed E-state index contributed by atoms with van der Waals surface area (Å²) in [6, 6.07) is 15.0. The van der Waals surface area contributed by atoms with Crippen LogP contribution in [-0.2, 0) is 4.74 Å². The predicted octanol–water partition coefficient (Wildman–Crippen LogP) is 3.77. The van der Waals surface area contributed by atoms with Gasteiger partial charge in [0.15, 0.2) is 5.90 Å². The molecule has 0 spiro atoms. The molecule has 0 radical (unpaired) electrons. The Balaban J connectivity index is 1.77. The smallest absolute Gasteiger partial charge is 0.269 e. The van der Waals surface area contributed by atoms with Crippen molar-refractivity contribution in [1.82, 2.24) is 0 Å². The number of nitro benzene ring substituents is 1. The van der Waals surface area contributed by atoms with Gasteiger partial charge in [0.25, 0.3) is 5.69 Å². The second-order valence-corrected chi connectivity index (χ2v) is 6.61. The number of hydrogen-bond acceptors (Lipinski definition) is 6. The maximum Gasteiger partial charge on any atom is 0.269 e. The number of likely N-dealkylation sites (N-methyl/N-ethyl adjacent to an activating group) is 1. The number of aliphatic imine (C=N–C) groups is 1. The zero-order valence-corrected chi connectivity index (χ0v) is 15.3. The number of para-hydroxylation sites is 2. The molecule has 1 N–H and O–H groups in total. The molecule has 2 aromatic rings. The van der Waals surface area contributed by atoms with E-state index in [-0.39, 0.29) is 28.7 Å². The number of ether oxygens (including phenoxy) is 1. The molecule has 0 saturated carbocycles. The number of nitrogens with zero attached hydrogens (tertiary/aromatic N) is 3. The minimum atomic E-state index is -0.379. The van der Waals surface area contributed by atoms with E-state index < -0.39 is 0 Å². The Morgan fingerprint density at radius 2 is 1.93 bits per heavy atom. The minimum Gasteiger partial charge on any atom is -0.481 e. The quantitative estimate of drug-likeness (QED) is 0.658. The van der Waals surface area contributed by atoms with Gasteiger partial charge in [-0.2, -0.15) is 0 Å². The molecule has 2 aliphatic rings. The van der Waals surface area contributed by atoms with Crippen molar-refractivity contribution in [2.24, 2.45) is 4.99 Å². The highest BCUT2D eigenvalue weighted by molar-refractivity contribution is 5.90. The average molecular weight is 366 g/mol. The van der Waals surface area contributed by atoms with E-state index in [2.05, 4.69) is 29.3 Å². The molecule has 140 valence electrons. The fraction of sp³-hybridized carbons (Fsp3) is 0.350. The maximum absolute atomic E-state index is 11.0. The number of fused-ring (bicyclic) bond motifs is 2. The van der Waals surface area contributed by atoms with Crippen molar-refractivity contribution in [1.29, 1.82) is 0 Å². The first-order valence-corrected chi connectivity index (χ1v) is 9.21. The first-order chi connectivity index (χ1) is 13.1. The Morgan fingerprint density at radius 3 is 2.59 bits per heavy atom. The number of benzene rings is 2. The van der Waals surface area contributed by atoms with Gasteiger partial charge in [0, 0.05) is 18.7 Å². The van der Waals surface area contributed by atoms with Crippen LogP contribution >= 0.6 is 0 Å². The van der Waals surface area contributed by atoms with E-state index in [1.54, 1.807) is 12.1 Å². The molecule has 0 fully saturated rings. The van der Waals surface area contributed by atoms with E-state index >= 15 is 0 Å². The van der Waals surface area contributed by atoms with Crippen molar-refractivity contribution in [2.45, 2.75) is 32.0 Å². The largest absolute Gasteiger partial charge is 0.481 e. The third kappa shape index (κ3) is 2.89. The van der Waals surface area contributed by atoms with Gasteiger partial charge in [-0.25, -0.2) is 4.99 Å². The topological polar surface area (TPSA) is 80.0 Å². The van der Waals surface area contributed by atoms with Crippen molar-refractivity contribution >= 4 is 23.0 Å². The van der Waals surface area contributed by atoms with Crippen LogP contribution in [0.15, 0.2) is 53.5 Å². The lowest BCUT2D eigenvalue weighted by molar-refractivity contribution is -0.384. The molecule has 2 heterocycles. The maximum atomic E-state index is 11.0. The molecule has 27 heavy (non-hydrogen) atoms. The molecule has 2 aromatic carbocycles. The number of nitrogens with one attached hydrogen (secondary N) is 1.